The van der Waals surface area contributed by atoms with Gasteiger partial charge in [-0.2, -0.15) is 0 Å². The number of anilines is 3. The van der Waals surface area contributed by atoms with Gasteiger partial charge in [0.2, 0.25) is 5.91 Å². The van der Waals surface area contributed by atoms with E-state index in [1.165, 1.54) is 11.3 Å². The molecule has 1 saturated heterocycles. The molecule has 0 bridgehead atoms. The number of carbonyl (C=O) groups excluding carboxylic acids is 1. The van der Waals surface area contributed by atoms with E-state index in [2.05, 4.69) is 44.4 Å². The summed E-state index contributed by atoms with van der Waals surface area (Å²) in [5.41, 5.74) is 4.20. The van der Waals surface area contributed by atoms with Crippen LogP contribution in [0.15, 0.2) is 72.9 Å². The highest BCUT2D eigenvalue weighted by atomic mass is 16.1. The zero-order valence-electron chi connectivity index (χ0n) is 16.7. The van der Waals surface area contributed by atoms with Crippen LogP contribution in [0.25, 0.3) is 0 Å². The topological polar surface area (TPSA) is 48.5 Å². The SMILES string of the molecule is Cc1ccc(CC(=O)Nc2ccc(N3CCN(c4ccccc4)CC3)nc2)cc1. The lowest BCUT2D eigenvalue weighted by molar-refractivity contribution is -0.115. The van der Waals surface area contributed by atoms with Crippen LogP contribution in [0.5, 0.6) is 0 Å². The predicted octanol–water partition coefficient (Wildman–Crippen LogP) is 3.90. The molecule has 2 heterocycles. The van der Waals surface area contributed by atoms with E-state index in [0.717, 1.165) is 43.2 Å². The molecule has 0 spiro atoms. The number of hydrogen-bond donors (Lipinski definition) is 1. The van der Waals surface area contributed by atoms with Gasteiger partial charge in [0.15, 0.2) is 0 Å². The van der Waals surface area contributed by atoms with Crippen LogP contribution in [0.3, 0.4) is 0 Å². The fraction of sp³-hybridized carbons (Fsp3) is 0.250. The van der Waals surface area contributed by atoms with E-state index in [-0.39, 0.29) is 5.91 Å². The van der Waals surface area contributed by atoms with Crippen LogP contribution in [-0.2, 0) is 11.2 Å². The first-order chi connectivity index (χ1) is 14.2. The number of hydrogen-bond acceptors (Lipinski definition) is 4. The summed E-state index contributed by atoms with van der Waals surface area (Å²) in [6.45, 7) is 5.85. The molecule has 1 aromatic heterocycles. The van der Waals surface area contributed by atoms with Crippen molar-refractivity contribution in [2.24, 2.45) is 0 Å². The molecule has 29 heavy (non-hydrogen) atoms. The second-order valence-electron chi connectivity index (χ2n) is 7.43. The minimum Gasteiger partial charge on any atom is -0.368 e. The summed E-state index contributed by atoms with van der Waals surface area (Å²) in [6.07, 6.45) is 2.11. The fourth-order valence-corrected chi connectivity index (χ4v) is 3.58. The zero-order chi connectivity index (χ0) is 20.1. The molecule has 1 aliphatic rings. The summed E-state index contributed by atoms with van der Waals surface area (Å²) in [5.74, 6) is 0.925. The highest BCUT2D eigenvalue weighted by Crippen LogP contribution is 2.20. The van der Waals surface area contributed by atoms with Crippen LogP contribution < -0.4 is 15.1 Å². The van der Waals surface area contributed by atoms with Crippen LogP contribution in [0, 0.1) is 6.92 Å². The van der Waals surface area contributed by atoms with Crippen molar-refractivity contribution in [2.75, 3.05) is 41.3 Å². The number of pyridine rings is 1. The Balaban J connectivity index is 1.30. The molecule has 0 atom stereocenters. The van der Waals surface area contributed by atoms with Gasteiger partial charge in [0.25, 0.3) is 0 Å². The van der Waals surface area contributed by atoms with E-state index >= 15 is 0 Å². The van der Waals surface area contributed by atoms with Gasteiger partial charge in [-0.1, -0.05) is 48.0 Å². The van der Waals surface area contributed by atoms with E-state index in [1.807, 2.05) is 49.4 Å². The quantitative estimate of drug-likeness (QED) is 0.723. The number of rotatable bonds is 5. The van der Waals surface area contributed by atoms with E-state index < -0.39 is 0 Å². The molecule has 0 unspecified atom stereocenters. The van der Waals surface area contributed by atoms with Crippen molar-refractivity contribution in [3.8, 4) is 0 Å². The van der Waals surface area contributed by atoms with Crippen LogP contribution in [0.1, 0.15) is 11.1 Å². The maximum Gasteiger partial charge on any atom is 0.228 e. The second kappa shape index (κ2) is 8.78. The third-order valence-corrected chi connectivity index (χ3v) is 5.24. The number of nitrogens with one attached hydrogen (secondary N) is 1. The lowest BCUT2D eigenvalue weighted by Crippen LogP contribution is -2.46. The van der Waals surface area contributed by atoms with Crippen molar-refractivity contribution in [2.45, 2.75) is 13.3 Å². The summed E-state index contributed by atoms with van der Waals surface area (Å²) in [6, 6.07) is 22.5. The molecule has 2 aromatic carbocycles. The smallest absolute Gasteiger partial charge is 0.228 e. The Labute approximate surface area is 172 Å². The summed E-state index contributed by atoms with van der Waals surface area (Å²) in [7, 11) is 0. The molecule has 5 heteroatoms. The van der Waals surface area contributed by atoms with Gasteiger partial charge in [0, 0.05) is 31.9 Å². The van der Waals surface area contributed by atoms with Crippen molar-refractivity contribution < 1.29 is 4.79 Å². The van der Waals surface area contributed by atoms with Crippen LogP contribution in [0.4, 0.5) is 17.2 Å². The van der Waals surface area contributed by atoms with Crippen molar-refractivity contribution >= 4 is 23.1 Å². The summed E-state index contributed by atoms with van der Waals surface area (Å²) in [5, 5.41) is 2.94. The van der Waals surface area contributed by atoms with Crippen LogP contribution >= 0.6 is 0 Å². The Bertz CT molecular complexity index is 931. The van der Waals surface area contributed by atoms with Gasteiger partial charge >= 0.3 is 0 Å². The highest BCUT2D eigenvalue weighted by Gasteiger charge is 2.18. The number of para-hydroxylation sites is 1. The van der Waals surface area contributed by atoms with E-state index in [4.69, 9.17) is 0 Å². The Morgan fingerprint density at radius 2 is 1.59 bits per heavy atom. The molecular weight excluding hydrogens is 360 g/mol. The zero-order valence-corrected chi connectivity index (χ0v) is 16.7. The molecule has 1 N–H and O–H groups in total. The second-order valence-corrected chi connectivity index (χ2v) is 7.43. The van der Waals surface area contributed by atoms with Gasteiger partial charge in [-0.15, -0.1) is 0 Å². The summed E-state index contributed by atoms with van der Waals surface area (Å²) >= 11 is 0. The van der Waals surface area contributed by atoms with Crippen molar-refractivity contribution in [3.63, 3.8) is 0 Å². The highest BCUT2D eigenvalue weighted by molar-refractivity contribution is 5.92. The summed E-state index contributed by atoms with van der Waals surface area (Å²) < 4.78 is 0. The lowest BCUT2D eigenvalue weighted by atomic mass is 10.1. The maximum atomic E-state index is 12.3. The monoisotopic (exact) mass is 386 g/mol. The molecule has 1 fully saturated rings. The van der Waals surface area contributed by atoms with Crippen LogP contribution in [-0.4, -0.2) is 37.1 Å². The molecule has 1 aliphatic heterocycles. The third kappa shape index (κ3) is 4.93. The molecule has 148 valence electrons. The molecule has 0 radical (unpaired) electrons. The third-order valence-electron chi connectivity index (χ3n) is 5.24. The first-order valence-electron chi connectivity index (χ1n) is 10.0. The van der Waals surface area contributed by atoms with Gasteiger partial charge < -0.3 is 15.1 Å². The number of nitrogens with zero attached hydrogens (tertiary/aromatic N) is 3. The summed E-state index contributed by atoms with van der Waals surface area (Å²) in [4.78, 5) is 21.5. The van der Waals surface area contributed by atoms with Crippen molar-refractivity contribution in [1.82, 2.24) is 4.98 Å². The molecular formula is C24H26N4O. The molecule has 1 amide bonds. The number of carbonyl (C=O) groups is 1. The van der Waals surface area contributed by atoms with Gasteiger partial charge in [0.05, 0.1) is 18.3 Å². The van der Waals surface area contributed by atoms with Crippen LogP contribution in [0.2, 0.25) is 0 Å². The Hall–Kier alpha value is -3.34. The van der Waals surface area contributed by atoms with E-state index in [1.54, 1.807) is 6.20 Å². The molecule has 0 aliphatic carbocycles. The molecule has 3 aromatic rings. The van der Waals surface area contributed by atoms with Gasteiger partial charge in [-0.25, -0.2) is 4.98 Å². The average molecular weight is 386 g/mol. The number of benzene rings is 2. The number of aromatic nitrogens is 1. The Kier molecular flexibility index (Phi) is 5.75. The number of amides is 1. The minimum absolute atomic E-state index is 0.0279. The van der Waals surface area contributed by atoms with E-state index in [0.29, 0.717) is 6.42 Å². The maximum absolute atomic E-state index is 12.3. The molecule has 5 nitrogen and oxygen atoms in total. The van der Waals surface area contributed by atoms with Gasteiger partial charge in [0.1, 0.15) is 5.82 Å². The molecule has 0 saturated carbocycles. The largest absolute Gasteiger partial charge is 0.368 e. The standard InChI is InChI=1S/C24H26N4O/c1-19-7-9-20(10-8-19)17-24(29)26-21-11-12-23(25-18-21)28-15-13-27(14-16-28)22-5-3-2-4-6-22/h2-12,18H,13-17H2,1H3,(H,26,29). The first kappa shape index (κ1) is 19.0. The predicted molar refractivity (Wildman–Crippen MR) is 119 cm³/mol. The lowest BCUT2D eigenvalue weighted by Gasteiger charge is -2.36. The Morgan fingerprint density at radius 1 is 0.897 bits per heavy atom. The first-order valence-corrected chi connectivity index (χ1v) is 10.0. The number of piperazine rings is 1. The van der Waals surface area contributed by atoms with Crippen molar-refractivity contribution in [1.29, 1.82) is 0 Å². The normalized spacial score (nSPS) is 14.0. The Morgan fingerprint density at radius 3 is 2.24 bits per heavy atom. The van der Waals surface area contributed by atoms with E-state index in [9.17, 15) is 4.79 Å². The van der Waals surface area contributed by atoms with Gasteiger partial charge in [-0.3, -0.25) is 4.79 Å². The minimum atomic E-state index is -0.0279. The van der Waals surface area contributed by atoms with Crippen molar-refractivity contribution in [3.05, 3.63) is 84.1 Å². The fourth-order valence-electron chi connectivity index (χ4n) is 3.58. The molecule has 4 rings (SSSR count). The number of aryl methyl sites for hydroxylation is 1. The van der Waals surface area contributed by atoms with Gasteiger partial charge in [-0.05, 0) is 36.8 Å². The average Bonchev–Trinajstić information content (AvgIpc) is 2.77.